The maximum absolute atomic E-state index is 12.2. The maximum atomic E-state index is 12.2. The predicted octanol–water partition coefficient (Wildman–Crippen LogP) is 0.967. The van der Waals surface area contributed by atoms with Crippen LogP contribution in [0.25, 0.3) is 0 Å². The molecule has 1 aromatic rings. The Bertz CT molecular complexity index is 543. The number of nitrogens with one attached hydrogen (secondary N) is 2. The first-order chi connectivity index (χ1) is 10.4. The van der Waals surface area contributed by atoms with Gasteiger partial charge in [0.2, 0.25) is 11.7 Å². The normalized spacial score (nSPS) is 10.1. The number of methoxy groups -OCH3 is 3. The van der Waals surface area contributed by atoms with Gasteiger partial charge in [0, 0.05) is 6.04 Å². The van der Waals surface area contributed by atoms with Crippen molar-refractivity contribution < 1.29 is 23.8 Å². The molecule has 0 unspecified atom stereocenters. The molecule has 2 N–H and O–H groups in total. The van der Waals surface area contributed by atoms with Gasteiger partial charge in [0.05, 0.1) is 33.4 Å². The maximum Gasteiger partial charge on any atom is 0.255 e. The van der Waals surface area contributed by atoms with Crippen molar-refractivity contribution in [2.75, 3.05) is 27.9 Å². The third-order valence-electron chi connectivity index (χ3n) is 2.81. The molecule has 0 heterocycles. The standard InChI is InChI=1S/C15H22N2O5/c1-9(2)17-12(18)8-16-15(19)10-6-7-11(20-3)14(22-5)13(10)21-4/h6-7,9H,8H2,1-5H3,(H,16,19)(H,17,18). The summed E-state index contributed by atoms with van der Waals surface area (Å²) in [4.78, 5) is 23.8. The van der Waals surface area contributed by atoms with E-state index in [2.05, 4.69) is 10.6 Å². The molecule has 0 fully saturated rings. The van der Waals surface area contributed by atoms with Gasteiger partial charge >= 0.3 is 0 Å². The lowest BCUT2D eigenvalue weighted by Gasteiger charge is -2.15. The van der Waals surface area contributed by atoms with Crippen LogP contribution in [-0.2, 0) is 4.79 Å². The molecule has 0 aromatic heterocycles. The van der Waals surface area contributed by atoms with Gasteiger partial charge < -0.3 is 24.8 Å². The Morgan fingerprint density at radius 1 is 1.05 bits per heavy atom. The molecular weight excluding hydrogens is 288 g/mol. The summed E-state index contributed by atoms with van der Waals surface area (Å²) >= 11 is 0. The van der Waals surface area contributed by atoms with Crippen LogP contribution in [0.1, 0.15) is 24.2 Å². The van der Waals surface area contributed by atoms with Gasteiger partial charge in [-0.3, -0.25) is 9.59 Å². The Kier molecular flexibility index (Phi) is 6.49. The third kappa shape index (κ3) is 4.28. The minimum absolute atomic E-state index is 0.0139. The molecule has 1 rings (SSSR count). The molecule has 0 aliphatic carbocycles. The molecule has 0 saturated heterocycles. The van der Waals surface area contributed by atoms with Crippen LogP contribution in [0.3, 0.4) is 0 Å². The fourth-order valence-electron chi connectivity index (χ4n) is 1.91. The van der Waals surface area contributed by atoms with E-state index in [1.165, 1.54) is 21.3 Å². The van der Waals surface area contributed by atoms with Gasteiger partial charge in [0.1, 0.15) is 0 Å². The summed E-state index contributed by atoms with van der Waals surface area (Å²) in [6.07, 6.45) is 0. The van der Waals surface area contributed by atoms with Crippen molar-refractivity contribution in [2.24, 2.45) is 0 Å². The van der Waals surface area contributed by atoms with Crippen molar-refractivity contribution in [2.45, 2.75) is 19.9 Å². The summed E-state index contributed by atoms with van der Waals surface area (Å²) < 4.78 is 15.6. The average molecular weight is 310 g/mol. The molecule has 1 aromatic carbocycles. The zero-order chi connectivity index (χ0) is 16.7. The Labute approximate surface area is 129 Å². The molecule has 0 aliphatic rings. The SMILES string of the molecule is COc1ccc(C(=O)NCC(=O)NC(C)C)c(OC)c1OC. The number of rotatable bonds is 7. The van der Waals surface area contributed by atoms with Crippen LogP contribution in [0, 0.1) is 0 Å². The van der Waals surface area contributed by atoms with Gasteiger partial charge in [-0.25, -0.2) is 0 Å². The van der Waals surface area contributed by atoms with Crippen molar-refractivity contribution in [1.29, 1.82) is 0 Å². The first-order valence-corrected chi connectivity index (χ1v) is 6.81. The first-order valence-electron chi connectivity index (χ1n) is 6.81. The molecule has 2 amide bonds. The van der Waals surface area contributed by atoms with Crippen LogP contribution < -0.4 is 24.8 Å². The Balaban J connectivity index is 2.91. The Hall–Kier alpha value is -2.44. The van der Waals surface area contributed by atoms with Crippen molar-refractivity contribution in [1.82, 2.24) is 10.6 Å². The van der Waals surface area contributed by atoms with Gasteiger partial charge in [-0.1, -0.05) is 0 Å². The molecule has 122 valence electrons. The molecular formula is C15H22N2O5. The third-order valence-corrected chi connectivity index (χ3v) is 2.81. The van der Waals surface area contributed by atoms with Crippen LogP contribution in [0.5, 0.6) is 17.2 Å². The second-order valence-electron chi connectivity index (χ2n) is 4.79. The fourth-order valence-corrected chi connectivity index (χ4v) is 1.91. The second-order valence-corrected chi connectivity index (χ2v) is 4.79. The lowest BCUT2D eigenvalue weighted by Crippen LogP contribution is -2.39. The highest BCUT2D eigenvalue weighted by Crippen LogP contribution is 2.39. The van der Waals surface area contributed by atoms with E-state index in [1.54, 1.807) is 12.1 Å². The zero-order valence-corrected chi connectivity index (χ0v) is 13.5. The summed E-state index contributed by atoms with van der Waals surface area (Å²) in [5, 5.41) is 5.23. The molecule has 0 saturated carbocycles. The topological polar surface area (TPSA) is 85.9 Å². The quantitative estimate of drug-likeness (QED) is 0.783. The zero-order valence-electron chi connectivity index (χ0n) is 13.5. The largest absolute Gasteiger partial charge is 0.493 e. The highest BCUT2D eigenvalue weighted by Gasteiger charge is 2.20. The Morgan fingerprint density at radius 2 is 1.68 bits per heavy atom. The summed E-state index contributed by atoms with van der Waals surface area (Å²) in [6.45, 7) is 3.57. The van der Waals surface area contributed by atoms with Crippen LogP contribution in [-0.4, -0.2) is 45.7 Å². The second kappa shape index (κ2) is 8.11. The van der Waals surface area contributed by atoms with E-state index in [0.29, 0.717) is 11.5 Å². The van der Waals surface area contributed by atoms with E-state index in [-0.39, 0.29) is 29.8 Å². The number of amides is 2. The van der Waals surface area contributed by atoms with Gasteiger partial charge in [-0.2, -0.15) is 0 Å². The van der Waals surface area contributed by atoms with Gasteiger partial charge in [-0.15, -0.1) is 0 Å². The minimum Gasteiger partial charge on any atom is -0.493 e. The number of hydrogen-bond donors (Lipinski definition) is 2. The molecule has 7 heteroatoms. The highest BCUT2D eigenvalue weighted by atomic mass is 16.5. The van der Waals surface area contributed by atoms with Gasteiger partial charge in [-0.05, 0) is 26.0 Å². The monoisotopic (exact) mass is 310 g/mol. The summed E-state index contributed by atoms with van der Waals surface area (Å²) in [5.74, 6) is 0.334. The first kappa shape index (κ1) is 17.6. The number of carbonyl (C=O) groups is 2. The molecule has 0 aliphatic heterocycles. The summed E-state index contributed by atoms with van der Waals surface area (Å²) in [6, 6.07) is 3.17. The van der Waals surface area contributed by atoms with E-state index >= 15 is 0 Å². The lowest BCUT2D eigenvalue weighted by atomic mass is 10.1. The number of carbonyl (C=O) groups excluding carboxylic acids is 2. The van der Waals surface area contributed by atoms with E-state index in [9.17, 15) is 9.59 Å². The molecule has 22 heavy (non-hydrogen) atoms. The highest BCUT2D eigenvalue weighted by molar-refractivity contribution is 6.00. The predicted molar refractivity (Wildman–Crippen MR) is 81.7 cm³/mol. The smallest absolute Gasteiger partial charge is 0.255 e. The summed E-state index contributed by atoms with van der Waals surface area (Å²) in [5.41, 5.74) is 0.262. The number of ether oxygens (including phenoxy) is 3. The Morgan fingerprint density at radius 3 is 2.18 bits per heavy atom. The lowest BCUT2D eigenvalue weighted by molar-refractivity contribution is -0.120. The van der Waals surface area contributed by atoms with E-state index in [1.807, 2.05) is 13.8 Å². The van der Waals surface area contributed by atoms with Gasteiger partial charge in [0.15, 0.2) is 11.5 Å². The van der Waals surface area contributed by atoms with Crippen molar-refractivity contribution >= 4 is 11.8 Å². The number of hydrogen-bond acceptors (Lipinski definition) is 5. The van der Waals surface area contributed by atoms with Crippen molar-refractivity contribution in [3.05, 3.63) is 17.7 Å². The van der Waals surface area contributed by atoms with E-state index in [0.717, 1.165) is 0 Å². The van der Waals surface area contributed by atoms with E-state index in [4.69, 9.17) is 14.2 Å². The van der Waals surface area contributed by atoms with E-state index < -0.39 is 5.91 Å². The summed E-state index contributed by atoms with van der Waals surface area (Å²) in [7, 11) is 4.38. The van der Waals surface area contributed by atoms with Crippen molar-refractivity contribution in [3.8, 4) is 17.2 Å². The van der Waals surface area contributed by atoms with Crippen molar-refractivity contribution in [3.63, 3.8) is 0 Å². The fraction of sp³-hybridized carbons (Fsp3) is 0.467. The minimum atomic E-state index is -0.434. The van der Waals surface area contributed by atoms with Crippen LogP contribution in [0.15, 0.2) is 12.1 Å². The van der Waals surface area contributed by atoms with Crippen LogP contribution in [0.4, 0.5) is 0 Å². The molecule has 0 bridgehead atoms. The molecule has 0 radical (unpaired) electrons. The van der Waals surface area contributed by atoms with Crippen LogP contribution in [0.2, 0.25) is 0 Å². The molecule has 0 atom stereocenters. The van der Waals surface area contributed by atoms with Gasteiger partial charge in [0.25, 0.3) is 5.91 Å². The molecule has 7 nitrogen and oxygen atoms in total. The number of benzene rings is 1. The average Bonchev–Trinajstić information content (AvgIpc) is 2.50. The molecule has 0 spiro atoms. The van der Waals surface area contributed by atoms with Crippen LogP contribution >= 0.6 is 0 Å².